The van der Waals surface area contributed by atoms with Crippen LogP contribution in [-0.2, 0) is 11.2 Å². The summed E-state index contributed by atoms with van der Waals surface area (Å²) in [6, 6.07) is 0. The second kappa shape index (κ2) is 5.88. The number of nitrogens with zero attached hydrogens (tertiary/aromatic N) is 6. The van der Waals surface area contributed by atoms with Crippen LogP contribution in [0.4, 0.5) is 5.82 Å². The maximum absolute atomic E-state index is 10.4. The number of aliphatic hydroxyl groups excluding tert-OH is 2. The molecule has 1 aliphatic heterocycles. The third kappa shape index (κ3) is 2.52. The largest absolute Gasteiger partial charge is 0.387 e. The van der Waals surface area contributed by atoms with E-state index in [-0.39, 0.29) is 22.6 Å². The molecule has 4 rings (SSSR count). The standard InChI is InChI=1S/C13H14ClN7O4/c1-2-4-17-11(25-20-4)8-6(22)7(23)12(24-8)21-3-16-5-9(15)18-13(14)19-10(5)21/h3,6-8,12,22-23H,2H2,1H3,(H2,15,18,19)/t6-,7+,8-,12+/m0/s1. The maximum Gasteiger partial charge on any atom is 0.258 e. The van der Waals surface area contributed by atoms with E-state index in [9.17, 15) is 10.2 Å². The van der Waals surface area contributed by atoms with Crippen LogP contribution in [0, 0.1) is 0 Å². The summed E-state index contributed by atoms with van der Waals surface area (Å²) in [5, 5.41) is 24.4. The van der Waals surface area contributed by atoms with Crippen LogP contribution in [0.5, 0.6) is 0 Å². The lowest BCUT2D eigenvalue weighted by Crippen LogP contribution is -2.29. The van der Waals surface area contributed by atoms with Gasteiger partial charge in [-0.1, -0.05) is 12.1 Å². The van der Waals surface area contributed by atoms with Crippen LogP contribution >= 0.6 is 11.6 Å². The predicted molar refractivity (Wildman–Crippen MR) is 83.3 cm³/mol. The Kier molecular flexibility index (Phi) is 3.80. The van der Waals surface area contributed by atoms with Crippen LogP contribution in [0.3, 0.4) is 0 Å². The number of nitrogens with two attached hydrogens (primary N) is 1. The number of aromatic nitrogens is 6. The molecule has 4 N–H and O–H groups in total. The van der Waals surface area contributed by atoms with Gasteiger partial charge in [0, 0.05) is 6.42 Å². The molecule has 25 heavy (non-hydrogen) atoms. The number of ether oxygens (including phenoxy) is 1. The number of anilines is 1. The highest BCUT2D eigenvalue weighted by atomic mass is 35.5. The first-order valence-electron chi connectivity index (χ1n) is 7.49. The van der Waals surface area contributed by atoms with Crippen molar-refractivity contribution in [2.45, 2.75) is 37.9 Å². The molecule has 0 spiro atoms. The molecule has 4 atom stereocenters. The third-order valence-corrected chi connectivity index (χ3v) is 4.15. The van der Waals surface area contributed by atoms with Crippen molar-refractivity contribution in [3.8, 4) is 0 Å². The van der Waals surface area contributed by atoms with Crippen molar-refractivity contribution < 1.29 is 19.5 Å². The second-order valence-electron chi connectivity index (χ2n) is 5.53. The fraction of sp³-hybridized carbons (Fsp3) is 0.462. The Hall–Kier alpha value is -2.34. The topological polar surface area (TPSA) is 158 Å². The highest BCUT2D eigenvalue weighted by Gasteiger charge is 2.47. The molecule has 0 aromatic carbocycles. The van der Waals surface area contributed by atoms with Gasteiger partial charge in [-0.05, 0) is 11.6 Å². The van der Waals surface area contributed by atoms with Crippen molar-refractivity contribution in [1.29, 1.82) is 0 Å². The minimum atomic E-state index is -1.28. The molecular formula is C13H14ClN7O4. The molecule has 1 saturated heterocycles. The molecule has 0 radical (unpaired) electrons. The van der Waals surface area contributed by atoms with Crippen molar-refractivity contribution in [3.05, 3.63) is 23.3 Å². The van der Waals surface area contributed by atoms with Crippen molar-refractivity contribution in [2.24, 2.45) is 0 Å². The Morgan fingerprint density at radius 1 is 1.28 bits per heavy atom. The molecule has 0 amide bonds. The number of nitrogen functional groups attached to an aromatic ring is 1. The molecule has 0 saturated carbocycles. The predicted octanol–water partition coefficient (Wildman–Crippen LogP) is -0.000800. The summed E-state index contributed by atoms with van der Waals surface area (Å²) < 4.78 is 12.3. The summed E-state index contributed by atoms with van der Waals surface area (Å²) in [4.78, 5) is 16.1. The number of fused-ring (bicyclic) bond motifs is 1. The van der Waals surface area contributed by atoms with Crippen molar-refractivity contribution in [2.75, 3.05) is 5.73 Å². The summed E-state index contributed by atoms with van der Waals surface area (Å²) in [7, 11) is 0. The van der Waals surface area contributed by atoms with E-state index in [4.69, 9.17) is 26.6 Å². The van der Waals surface area contributed by atoms with E-state index in [0.717, 1.165) is 0 Å². The third-order valence-electron chi connectivity index (χ3n) is 3.98. The van der Waals surface area contributed by atoms with E-state index in [2.05, 4.69) is 25.1 Å². The highest BCUT2D eigenvalue weighted by Crippen LogP contribution is 2.39. The van der Waals surface area contributed by atoms with Crippen LogP contribution < -0.4 is 5.73 Å². The average Bonchev–Trinajstić information content (AvgIpc) is 3.27. The maximum atomic E-state index is 10.4. The minimum absolute atomic E-state index is 0.0687. The monoisotopic (exact) mass is 367 g/mol. The Balaban J connectivity index is 1.72. The molecular weight excluding hydrogens is 354 g/mol. The summed E-state index contributed by atoms with van der Waals surface area (Å²) in [6.07, 6.45) is -2.59. The van der Waals surface area contributed by atoms with E-state index in [1.54, 1.807) is 0 Å². The number of rotatable bonds is 3. The van der Waals surface area contributed by atoms with Gasteiger partial charge in [-0.3, -0.25) is 4.57 Å². The molecule has 132 valence electrons. The van der Waals surface area contributed by atoms with Crippen LogP contribution in [-0.4, -0.2) is 52.1 Å². The lowest BCUT2D eigenvalue weighted by Gasteiger charge is -2.16. The number of hydrogen-bond acceptors (Lipinski definition) is 10. The SMILES string of the molecule is CCc1noc([C@H]2O[C@@H](n3cnc4c(N)nc(Cl)nc43)[C@H](O)[C@@H]2O)n1. The number of aliphatic hydroxyl groups is 2. The van der Waals surface area contributed by atoms with Crippen LogP contribution in [0.1, 0.15) is 31.0 Å². The summed E-state index contributed by atoms with van der Waals surface area (Å²) >= 11 is 5.84. The van der Waals surface area contributed by atoms with E-state index in [1.807, 2.05) is 6.92 Å². The highest BCUT2D eigenvalue weighted by molar-refractivity contribution is 6.28. The van der Waals surface area contributed by atoms with Gasteiger partial charge in [-0.25, -0.2) is 4.98 Å². The quantitative estimate of drug-likeness (QED) is 0.537. The molecule has 4 heterocycles. The Morgan fingerprint density at radius 2 is 2.08 bits per heavy atom. The van der Waals surface area contributed by atoms with Gasteiger partial charge in [0.1, 0.15) is 17.7 Å². The van der Waals surface area contributed by atoms with Gasteiger partial charge in [0.25, 0.3) is 5.89 Å². The minimum Gasteiger partial charge on any atom is -0.387 e. The van der Waals surface area contributed by atoms with Crippen molar-refractivity contribution in [3.63, 3.8) is 0 Å². The zero-order valence-electron chi connectivity index (χ0n) is 12.9. The lowest BCUT2D eigenvalue weighted by molar-refractivity contribution is -0.0451. The molecule has 0 unspecified atom stereocenters. The number of halogens is 1. The first-order chi connectivity index (χ1) is 12.0. The molecule has 12 heteroatoms. The first-order valence-corrected chi connectivity index (χ1v) is 7.87. The van der Waals surface area contributed by atoms with Crippen molar-refractivity contribution >= 4 is 28.6 Å². The van der Waals surface area contributed by atoms with Gasteiger partial charge >= 0.3 is 0 Å². The number of hydrogen-bond donors (Lipinski definition) is 3. The lowest BCUT2D eigenvalue weighted by atomic mass is 10.1. The smallest absolute Gasteiger partial charge is 0.258 e. The van der Waals surface area contributed by atoms with E-state index in [1.165, 1.54) is 10.9 Å². The number of aryl methyl sites for hydroxylation is 1. The zero-order valence-corrected chi connectivity index (χ0v) is 13.7. The van der Waals surface area contributed by atoms with Gasteiger partial charge in [0.05, 0.1) is 6.33 Å². The first kappa shape index (κ1) is 16.1. The van der Waals surface area contributed by atoms with Gasteiger partial charge in [-0.2, -0.15) is 15.0 Å². The zero-order chi connectivity index (χ0) is 17.7. The fourth-order valence-corrected chi connectivity index (χ4v) is 2.89. The van der Waals surface area contributed by atoms with E-state index < -0.39 is 24.5 Å². The van der Waals surface area contributed by atoms with Crippen LogP contribution in [0.15, 0.2) is 10.9 Å². The molecule has 1 fully saturated rings. The Labute approximate surface area is 145 Å². The molecule has 0 bridgehead atoms. The second-order valence-corrected chi connectivity index (χ2v) is 5.87. The van der Waals surface area contributed by atoms with Gasteiger partial charge in [-0.15, -0.1) is 0 Å². The molecule has 0 aliphatic carbocycles. The summed E-state index contributed by atoms with van der Waals surface area (Å²) in [5.74, 6) is 0.662. The molecule has 1 aliphatic rings. The molecule has 11 nitrogen and oxygen atoms in total. The normalized spacial score (nSPS) is 26.6. The van der Waals surface area contributed by atoms with Gasteiger partial charge in [0.2, 0.25) is 5.28 Å². The Morgan fingerprint density at radius 3 is 2.80 bits per heavy atom. The average molecular weight is 368 g/mol. The molecule has 3 aromatic rings. The van der Waals surface area contributed by atoms with E-state index >= 15 is 0 Å². The van der Waals surface area contributed by atoms with Gasteiger partial charge in [0.15, 0.2) is 29.6 Å². The van der Waals surface area contributed by atoms with Crippen molar-refractivity contribution in [1.82, 2.24) is 29.7 Å². The summed E-state index contributed by atoms with van der Waals surface area (Å²) in [5.41, 5.74) is 6.35. The number of imidazole rings is 1. The summed E-state index contributed by atoms with van der Waals surface area (Å²) in [6.45, 7) is 1.86. The van der Waals surface area contributed by atoms with Crippen LogP contribution in [0.25, 0.3) is 11.2 Å². The van der Waals surface area contributed by atoms with E-state index in [0.29, 0.717) is 17.8 Å². The van der Waals surface area contributed by atoms with Crippen LogP contribution in [0.2, 0.25) is 5.28 Å². The fourth-order valence-electron chi connectivity index (χ4n) is 2.72. The molecule has 3 aromatic heterocycles. The Bertz CT molecular complexity index is 928. The van der Waals surface area contributed by atoms with Gasteiger partial charge < -0.3 is 25.2 Å².